The van der Waals surface area contributed by atoms with Gasteiger partial charge in [-0.3, -0.25) is 0 Å². The summed E-state index contributed by atoms with van der Waals surface area (Å²) in [4.78, 5) is 0. The molecule has 0 amide bonds. The number of hydrogen-bond donors (Lipinski definition) is 2. The van der Waals surface area contributed by atoms with E-state index in [2.05, 4.69) is 0 Å². The van der Waals surface area contributed by atoms with Gasteiger partial charge in [0.1, 0.15) is 0 Å². The van der Waals surface area contributed by atoms with Crippen LogP contribution in [0.4, 0.5) is 0 Å². The summed E-state index contributed by atoms with van der Waals surface area (Å²) in [7, 11) is 0. The first-order chi connectivity index (χ1) is 3.72. The van der Waals surface area contributed by atoms with Gasteiger partial charge in [-0.15, -0.1) is 0 Å². The van der Waals surface area contributed by atoms with Crippen molar-refractivity contribution >= 4 is 0 Å². The SMILES string of the molecule is CC1C(N)CCN1O. The lowest BCUT2D eigenvalue weighted by molar-refractivity contribution is -0.0986. The van der Waals surface area contributed by atoms with Crippen molar-refractivity contribution in [2.24, 2.45) is 5.73 Å². The van der Waals surface area contributed by atoms with Crippen LogP contribution in [0.15, 0.2) is 0 Å². The fraction of sp³-hybridized carbons (Fsp3) is 1.00. The monoisotopic (exact) mass is 116 g/mol. The minimum Gasteiger partial charge on any atom is -0.326 e. The van der Waals surface area contributed by atoms with E-state index in [1.54, 1.807) is 0 Å². The summed E-state index contributed by atoms with van der Waals surface area (Å²) in [6.07, 6.45) is 0.914. The Balaban J connectivity index is 2.44. The maximum atomic E-state index is 8.92. The zero-order valence-electron chi connectivity index (χ0n) is 5.04. The van der Waals surface area contributed by atoms with E-state index < -0.39 is 0 Å². The van der Waals surface area contributed by atoms with Gasteiger partial charge in [0.2, 0.25) is 0 Å². The number of hydroxylamine groups is 2. The largest absolute Gasteiger partial charge is 0.326 e. The molecule has 0 aliphatic carbocycles. The molecule has 48 valence electrons. The highest BCUT2D eigenvalue weighted by atomic mass is 16.5. The molecule has 8 heavy (non-hydrogen) atoms. The number of rotatable bonds is 0. The van der Waals surface area contributed by atoms with E-state index in [1.165, 1.54) is 5.06 Å². The lowest BCUT2D eigenvalue weighted by Gasteiger charge is -2.14. The lowest BCUT2D eigenvalue weighted by Crippen LogP contribution is -2.34. The number of nitrogens with two attached hydrogens (primary N) is 1. The van der Waals surface area contributed by atoms with Crippen molar-refractivity contribution in [2.75, 3.05) is 6.54 Å². The molecule has 0 aromatic heterocycles. The molecule has 0 bridgehead atoms. The zero-order valence-corrected chi connectivity index (χ0v) is 5.04. The molecule has 0 radical (unpaired) electrons. The molecular formula is C5H12N2O. The minimum atomic E-state index is 0.148. The van der Waals surface area contributed by atoms with Crippen LogP contribution in [-0.2, 0) is 0 Å². The fourth-order valence-corrected chi connectivity index (χ4v) is 0.947. The first-order valence-corrected chi connectivity index (χ1v) is 2.93. The molecule has 1 saturated heterocycles. The Hall–Kier alpha value is -0.120. The van der Waals surface area contributed by atoms with E-state index in [0.717, 1.165) is 13.0 Å². The number of nitrogens with zero attached hydrogens (tertiary/aromatic N) is 1. The van der Waals surface area contributed by atoms with Gasteiger partial charge in [-0.25, -0.2) is 0 Å². The standard InChI is InChI=1S/C5H12N2O/c1-4-5(6)2-3-7(4)8/h4-5,8H,2-3,6H2,1H3. The summed E-state index contributed by atoms with van der Waals surface area (Å²) >= 11 is 0. The highest BCUT2D eigenvalue weighted by molar-refractivity contribution is 4.81. The lowest BCUT2D eigenvalue weighted by atomic mass is 10.2. The van der Waals surface area contributed by atoms with Gasteiger partial charge in [0.05, 0.1) is 0 Å². The van der Waals surface area contributed by atoms with E-state index in [1.807, 2.05) is 6.92 Å². The molecule has 1 aliphatic heterocycles. The summed E-state index contributed by atoms with van der Waals surface area (Å²) in [5.41, 5.74) is 5.57. The second kappa shape index (κ2) is 2.01. The van der Waals surface area contributed by atoms with Crippen molar-refractivity contribution in [3.8, 4) is 0 Å². The zero-order chi connectivity index (χ0) is 6.15. The Kier molecular flexibility index (Phi) is 1.51. The van der Waals surface area contributed by atoms with Crippen molar-refractivity contribution in [1.29, 1.82) is 0 Å². The normalized spacial score (nSPS) is 40.9. The third kappa shape index (κ3) is 0.844. The molecule has 1 heterocycles. The average Bonchev–Trinajstić information content (AvgIpc) is 1.98. The van der Waals surface area contributed by atoms with E-state index in [-0.39, 0.29) is 12.1 Å². The van der Waals surface area contributed by atoms with Crippen molar-refractivity contribution in [3.05, 3.63) is 0 Å². The van der Waals surface area contributed by atoms with Crippen molar-refractivity contribution in [1.82, 2.24) is 5.06 Å². The Bertz CT molecular complexity index is 76.5. The molecule has 3 N–H and O–H groups in total. The maximum absolute atomic E-state index is 8.92. The molecule has 2 atom stereocenters. The van der Waals surface area contributed by atoms with Crippen LogP contribution < -0.4 is 5.73 Å². The van der Waals surface area contributed by atoms with E-state index in [0.29, 0.717) is 0 Å². The summed E-state index contributed by atoms with van der Waals surface area (Å²) in [5, 5.41) is 10.2. The third-order valence-electron chi connectivity index (χ3n) is 1.78. The van der Waals surface area contributed by atoms with Crippen LogP contribution in [0, 0.1) is 0 Å². The molecule has 3 heteroatoms. The molecule has 1 aliphatic rings. The second-order valence-electron chi connectivity index (χ2n) is 2.36. The quantitative estimate of drug-likeness (QED) is 0.460. The predicted octanol–water partition coefficient (Wildman–Crippen LogP) is -0.203. The first kappa shape index (κ1) is 6.01. The molecular weight excluding hydrogens is 104 g/mol. The minimum absolute atomic E-state index is 0.148. The van der Waals surface area contributed by atoms with Crippen LogP contribution in [0.25, 0.3) is 0 Å². The molecule has 0 aromatic carbocycles. The highest BCUT2D eigenvalue weighted by Gasteiger charge is 2.25. The van der Waals surface area contributed by atoms with Gasteiger partial charge < -0.3 is 10.9 Å². The van der Waals surface area contributed by atoms with Gasteiger partial charge in [0, 0.05) is 18.6 Å². The summed E-state index contributed by atoms with van der Waals surface area (Å²) in [6.45, 7) is 2.65. The fourth-order valence-electron chi connectivity index (χ4n) is 0.947. The van der Waals surface area contributed by atoms with E-state index >= 15 is 0 Å². The average molecular weight is 116 g/mol. The second-order valence-corrected chi connectivity index (χ2v) is 2.36. The maximum Gasteiger partial charge on any atom is 0.0473 e. The topological polar surface area (TPSA) is 49.5 Å². The van der Waals surface area contributed by atoms with Crippen LogP contribution >= 0.6 is 0 Å². The van der Waals surface area contributed by atoms with Crippen LogP contribution in [0.2, 0.25) is 0 Å². The third-order valence-corrected chi connectivity index (χ3v) is 1.78. The van der Waals surface area contributed by atoms with E-state index in [9.17, 15) is 0 Å². The molecule has 1 rings (SSSR count). The van der Waals surface area contributed by atoms with Crippen molar-refractivity contribution in [3.63, 3.8) is 0 Å². The van der Waals surface area contributed by atoms with Crippen LogP contribution in [0.5, 0.6) is 0 Å². The van der Waals surface area contributed by atoms with Gasteiger partial charge >= 0.3 is 0 Å². The Morgan fingerprint density at radius 2 is 2.38 bits per heavy atom. The smallest absolute Gasteiger partial charge is 0.0473 e. The molecule has 0 aromatic rings. The highest BCUT2D eigenvalue weighted by Crippen LogP contribution is 2.11. The molecule has 3 nitrogen and oxygen atoms in total. The van der Waals surface area contributed by atoms with Crippen LogP contribution in [-0.4, -0.2) is 28.9 Å². The predicted molar refractivity (Wildman–Crippen MR) is 30.5 cm³/mol. The van der Waals surface area contributed by atoms with Gasteiger partial charge in [0.15, 0.2) is 0 Å². The Morgan fingerprint density at radius 1 is 1.75 bits per heavy atom. The Labute approximate surface area is 49.0 Å². The summed E-state index contributed by atoms with van der Waals surface area (Å²) < 4.78 is 0. The van der Waals surface area contributed by atoms with Crippen LogP contribution in [0.1, 0.15) is 13.3 Å². The Morgan fingerprint density at radius 3 is 2.50 bits per heavy atom. The van der Waals surface area contributed by atoms with Crippen molar-refractivity contribution < 1.29 is 5.21 Å². The number of hydrogen-bond acceptors (Lipinski definition) is 3. The van der Waals surface area contributed by atoms with Crippen molar-refractivity contribution in [2.45, 2.75) is 25.4 Å². The summed E-state index contributed by atoms with van der Waals surface area (Å²) in [6, 6.07) is 0.315. The van der Waals surface area contributed by atoms with Gasteiger partial charge in [-0.1, -0.05) is 0 Å². The summed E-state index contributed by atoms with van der Waals surface area (Å²) in [5.74, 6) is 0. The molecule has 2 unspecified atom stereocenters. The van der Waals surface area contributed by atoms with E-state index in [4.69, 9.17) is 10.9 Å². The molecule has 1 fully saturated rings. The molecule has 0 spiro atoms. The molecule has 0 saturated carbocycles. The first-order valence-electron chi connectivity index (χ1n) is 2.93. The van der Waals surface area contributed by atoms with Gasteiger partial charge in [-0.05, 0) is 13.3 Å². The van der Waals surface area contributed by atoms with Gasteiger partial charge in [-0.2, -0.15) is 5.06 Å². The van der Waals surface area contributed by atoms with Crippen LogP contribution in [0.3, 0.4) is 0 Å². The van der Waals surface area contributed by atoms with Gasteiger partial charge in [0.25, 0.3) is 0 Å².